The Morgan fingerprint density at radius 1 is 1.43 bits per heavy atom. The highest BCUT2D eigenvalue weighted by atomic mass is 32.2. The molecule has 6 nitrogen and oxygen atoms in total. The molecule has 1 saturated carbocycles. The van der Waals surface area contributed by atoms with Crippen molar-refractivity contribution in [2.24, 2.45) is 11.8 Å². The number of pyridine rings is 1. The number of rotatable bonds is 6. The number of nitrogens with zero attached hydrogens (tertiary/aromatic N) is 2. The first-order valence-electron chi connectivity index (χ1n) is 7.39. The van der Waals surface area contributed by atoms with Crippen LogP contribution < -0.4 is 11.3 Å². The topological polar surface area (TPSA) is 88.3 Å². The van der Waals surface area contributed by atoms with Crippen molar-refractivity contribution in [3.8, 4) is 0 Å². The Bertz CT molecular complexity index is 568. The first-order chi connectivity index (χ1) is 9.95. The van der Waals surface area contributed by atoms with Gasteiger partial charge in [0.25, 0.3) is 0 Å². The van der Waals surface area contributed by atoms with Crippen LogP contribution in [-0.2, 0) is 10.0 Å². The predicted octanol–water partition coefficient (Wildman–Crippen LogP) is 1.96. The number of aromatic nitrogens is 1. The molecule has 0 spiro atoms. The van der Waals surface area contributed by atoms with Crippen LogP contribution >= 0.6 is 0 Å². The first kappa shape index (κ1) is 16.2. The lowest BCUT2D eigenvalue weighted by Gasteiger charge is -2.29. The molecule has 0 atom stereocenters. The van der Waals surface area contributed by atoms with Crippen molar-refractivity contribution in [2.45, 2.75) is 50.5 Å². The zero-order chi connectivity index (χ0) is 15.5. The van der Waals surface area contributed by atoms with Gasteiger partial charge < -0.3 is 5.43 Å². The molecule has 1 aromatic rings. The maximum Gasteiger partial charge on any atom is 0.243 e. The van der Waals surface area contributed by atoms with Crippen molar-refractivity contribution in [1.82, 2.24) is 9.29 Å². The van der Waals surface area contributed by atoms with Crippen molar-refractivity contribution in [2.75, 3.05) is 12.0 Å². The molecule has 3 N–H and O–H groups in total. The Labute approximate surface area is 126 Å². The van der Waals surface area contributed by atoms with Gasteiger partial charge in [-0.05, 0) is 24.8 Å². The van der Waals surface area contributed by atoms with Gasteiger partial charge in [-0.3, -0.25) is 0 Å². The molecule has 1 heterocycles. The number of nitrogens with one attached hydrogen (secondary N) is 1. The number of hydrogen-bond donors (Lipinski definition) is 2. The summed E-state index contributed by atoms with van der Waals surface area (Å²) in [5.74, 6) is 5.96. The van der Waals surface area contributed by atoms with E-state index in [1.165, 1.54) is 18.3 Å². The fraction of sp³-hybridized carbons (Fsp3) is 0.643. The average molecular weight is 312 g/mol. The zero-order valence-corrected chi connectivity index (χ0v) is 13.4. The van der Waals surface area contributed by atoms with E-state index in [9.17, 15) is 8.42 Å². The summed E-state index contributed by atoms with van der Waals surface area (Å²) in [7, 11) is -3.51. The number of nitrogen functional groups attached to an aromatic ring is 1. The lowest BCUT2D eigenvalue weighted by atomic mass is 10.2. The molecule has 1 aliphatic rings. The van der Waals surface area contributed by atoms with E-state index < -0.39 is 10.0 Å². The number of nitrogens with two attached hydrogens (primary N) is 1. The summed E-state index contributed by atoms with van der Waals surface area (Å²) in [6, 6.07) is 3.12. The molecule has 1 aliphatic carbocycles. The lowest BCUT2D eigenvalue weighted by Crippen LogP contribution is -2.41. The third-order valence-corrected chi connectivity index (χ3v) is 5.68. The zero-order valence-electron chi connectivity index (χ0n) is 12.6. The smallest absolute Gasteiger partial charge is 0.243 e. The normalized spacial score (nSPS) is 16.8. The standard InChI is InChI=1S/C14H24N4O2S/c1-11(2)10-18(12-5-3-4-6-12)21(19,20)13-7-8-16-14(9-13)17-15/h7-9,11-12H,3-6,10,15H2,1-2H3,(H,16,17). The first-order valence-corrected chi connectivity index (χ1v) is 8.83. The van der Waals surface area contributed by atoms with Gasteiger partial charge in [-0.25, -0.2) is 19.2 Å². The maximum absolute atomic E-state index is 13.0. The molecule has 0 bridgehead atoms. The van der Waals surface area contributed by atoms with E-state index in [-0.39, 0.29) is 16.9 Å². The summed E-state index contributed by atoms with van der Waals surface area (Å²) in [6.07, 6.45) is 5.55. The minimum Gasteiger partial charge on any atom is -0.308 e. The molecular formula is C14H24N4O2S. The van der Waals surface area contributed by atoms with E-state index in [1.807, 2.05) is 13.8 Å². The second-order valence-corrected chi connectivity index (χ2v) is 7.82. The lowest BCUT2D eigenvalue weighted by molar-refractivity contribution is 0.292. The molecule has 1 fully saturated rings. The van der Waals surface area contributed by atoms with Crippen molar-refractivity contribution in [1.29, 1.82) is 0 Å². The SMILES string of the molecule is CC(C)CN(C1CCCC1)S(=O)(=O)c1ccnc(NN)c1. The van der Waals surface area contributed by atoms with Gasteiger partial charge in [-0.1, -0.05) is 26.7 Å². The predicted molar refractivity (Wildman–Crippen MR) is 83.0 cm³/mol. The third-order valence-electron chi connectivity index (χ3n) is 3.76. The molecule has 21 heavy (non-hydrogen) atoms. The van der Waals surface area contributed by atoms with Crippen LogP contribution in [0.3, 0.4) is 0 Å². The Balaban J connectivity index is 2.35. The fourth-order valence-corrected chi connectivity index (χ4v) is 4.64. The summed E-state index contributed by atoms with van der Waals surface area (Å²) in [4.78, 5) is 4.22. The number of sulfonamides is 1. The van der Waals surface area contributed by atoms with E-state index in [4.69, 9.17) is 5.84 Å². The van der Waals surface area contributed by atoms with Gasteiger partial charge in [-0.15, -0.1) is 0 Å². The van der Waals surface area contributed by atoms with Crippen molar-refractivity contribution in [3.05, 3.63) is 18.3 Å². The molecule has 0 saturated heterocycles. The Kier molecular flexibility index (Phi) is 5.18. The van der Waals surface area contributed by atoms with E-state index >= 15 is 0 Å². The van der Waals surface area contributed by atoms with Gasteiger partial charge >= 0.3 is 0 Å². The molecule has 118 valence electrons. The van der Waals surface area contributed by atoms with Gasteiger partial charge in [-0.2, -0.15) is 4.31 Å². The molecule has 0 radical (unpaired) electrons. The van der Waals surface area contributed by atoms with Crippen molar-refractivity contribution >= 4 is 15.8 Å². The van der Waals surface area contributed by atoms with Crippen molar-refractivity contribution in [3.63, 3.8) is 0 Å². The van der Waals surface area contributed by atoms with E-state index in [0.29, 0.717) is 12.4 Å². The van der Waals surface area contributed by atoms with Gasteiger partial charge in [0.1, 0.15) is 5.82 Å². The molecule has 0 aliphatic heterocycles. The minimum absolute atomic E-state index is 0.111. The highest BCUT2D eigenvalue weighted by Crippen LogP contribution is 2.29. The Morgan fingerprint density at radius 2 is 2.10 bits per heavy atom. The number of hydrazine groups is 1. The quantitative estimate of drug-likeness (QED) is 0.619. The maximum atomic E-state index is 13.0. The van der Waals surface area contributed by atoms with Crippen LogP contribution in [0.25, 0.3) is 0 Å². The summed E-state index contributed by atoms with van der Waals surface area (Å²) in [6.45, 7) is 4.62. The monoisotopic (exact) mass is 312 g/mol. The molecule has 7 heteroatoms. The Morgan fingerprint density at radius 3 is 2.67 bits per heavy atom. The molecule has 2 rings (SSSR count). The van der Waals surface area contributed by atoms with Gasteiger partial charge in [0, 0.05) is 24.8 Å². The van der Waals surface area contributed by atoms with Crippen LogP contribution in [0.2, 0.25) is 0 Å². The summed E-state index contributed by atoms with van der Waals surface area (Å²) >= 11 is 0. The molecule has 1 aromatic heterocycles. The second-order valence-electron chi connectivity index (χ2n) is 5.93. The highest BCUT2D eigenvalue weighted by Gasteiger charge is 2.33. The van der Waals surface area contributed by atoms with Crippen LogP contribution in [0, 0.1) is 5.92 Å². The van der Waals surface area contributed by atoms with Crippen LogP contribution in [0.4, 0.5) is 5.82 Å². The van der Waals surface area contributed by atoms with Crippen LogP contribution in [0.1, 0.15) is 39.5 Å². The third kappa shape index (κ3) is 3.72. The minimum atomic E-state index is -3.51. The van der Waals surface area contributed by atoms with E-state index in [2.05, 4.69) is 10.4 Å². The Hall–Kier alpha value is -1.18. The summed E-state index contributed by atoms with van der Waals surface area (Å²) in [5, 5.41) is 0. The van der Waals surface area contributed by atoms with Gasteiger partial charge in [0.15, 0.2) is 0 Å². The second kappa shape index (κ2) is 6.72. The van der Waals surface area contributed by atoms with E-state index in [1.54, 1.807) is 4.31 Å². The van der Waals surface area contributed by atoms with Crippen LogP contribution in [-0.4, -0.2) is 30.3 Å². The van der Waals surface area contributed by atoms with Gasteiger partial charge in [0.05, 0.1) is 4.90 Å². The van der Waals surface area contributed by atoms with Crippen LogP contribution in [0.15, 0.2) is 23.2 Å². The number of hydrogen-bond acceptors (Lipinski definition) is 5. The number of anilines is 1. The summed E-state index contributed by atoms with van der Waals surface area (Å²) in [5.41, 5.74) is 2.39. The van der Waals surface area contributed by atoms with E-state index in [0.717, 1.165) is 25.7 Å². The van der Waals surface area contributed by atoms with Gasteiger partial charge in [0.2, 0.25) is 10.0 Å². The highest BCUT2D eigenvalue weighted by molar-refractivity contribution is 7.89. The largest absolute Gasteiger partial charge is 0.308 e. The van der Waals surface area contributed by atoms with Crippen LogP contribution in [0.5, 0.6) is 0 Å². The molecule has 0 aromatic carbocycles. The fourth-order valence-electron chi connectivity index (χ4n) is 2.78. The molecule has 0 amide bonds. The summed E-state index contributed by atoms with van der Waals surface area (Å²) < 4.78 is 27.6. The molecule has 0 unspecified atom stereocenters. The average Bonchev–Trinajstić information content (AvgIpc) is 2.98. The van der Waals surface area contributed by atoms with Crippen molar-refractivity contribution < 1.29 is 8.42 Å². The molecular weight excluding hydrogens is 288 g/mol.